The number of allylic oxidation sites excluding steroid dienone is 2. The lowest BCUT2D eigenvalue weighted by molar-refractivity contribution is -0.103. The first-order valence-corrected chi connectivity index (χ1v) is 12.9. The number of carbonyl (C=O) groups excluding carboxylic acids is 1. The van der Waals surface area contributed by atoms with Gasteiger partial charge in [-0.2, -0.15) is 0 Å². The van der Waals surface area contributed by atoms with Crippen LogP contribution in [-0.4, -0.2) is 29.5 Å². The summed E-state index contributed by atoms with van der Waals surface area (Å²) >= 11 is 0. The highest BCUT2D eigenvalue weighted by atomic mass is 16.1. The van der Waals surface area contributed by atoms with Gasteiger partial charge in [0.25, 0.3) is 0 Å². The number of rotatable bonds is 4. The van der Waals surface area contributed by atoms with Crippen LogP contribution in [-0.2, 0) is 30.7 Å². The molecule has 0 saturated heterocycles. The van der Waals surface area contributed by atoms with Crippen molar-refractivity contribution in [1.82, 2.24) is 9.13 Å². The molecule has 0 aliphatic heterocycles. The fourth-order valence-electron chi connectivity index (χ4n) is 6.83. The van der Waals surface area contributed by atoms with Crippen LogP contribution >= 0.6 is 0 Å². The lowest BCUT2D eigenvalue weighted by Crippen LogP contribution is -2.34. The van der Waals surface area contributed by atoms with Gasteiger partial charge in [-0.25, -0.2) is 0 Å². The number of aromatic nitrogens is 2. The minimum Gasteiger partial charge on any atom is -0.377 e. The van der Waals surface area contributed by atoms with Gasteiger partial charge in [-0.15, -0.1) is 0 Å². The van der Waals surface area contributed by atoms with Crippen molar-refractivity contribution in [2.24, 2.45) is 14.1 Å². The van der Waals surface area contributed by atoms with Gasteiger partial charge in [-0.3, -0.25) is 4.79 Å². The fourth-order valence-corrected chi connectivity index (χ4v) is 6.83. The van der Waals surface area contributed by atoms with Crippen LogP contribution in [0, 0.1) is 13.8 Å². The zero-order valence-electron chi connectivity index (χ0n) is 22.5. The summed E-state index contributed by atoms with van der Waals surface area (Å²) in [6.45, 7) is 4.44. The van der Waals surface area contributed by atoms with Crippen molar-refractivity contribution >= 4 is 39.4 Å². The highest BCUT2D eigenvalue weighted by molar-refractivity contribution is 6.10. The molecule has 0 atom stereocenters. The molecule has 5 aromatic rings. The zero-order chi connectivity index (χ0) is 26.1. The van der Waals surface area contributed by atoms with E-state index < -0.39 is 5.41 Å². The van der Waals surface area contributed by atoms with Gasteiger partial charge < -0.3 is 14.0 Å². The topological polar surface area (TPSA) is 30.2 Å². The first-order valence-electron chi connectivity index (χ1n) is 12.9. The second-order valence-electron chi connectivity index (χ2n) is 10.6. The second-order valence-corrected chi connectivity index (χ2v) is 10.6. The van der Waals surface area contributed by atoms with Gasteiger partial charge in [-0.05, 0) is 60.7 Å². The monoisotopic (exact) mass is 487 g/mol. The quantitative estimate of drug-likeness (QED) is 0.272. The molecule has 0 bridgehead atoms. The molecule has 0 amide bonds. The minimum absolute atomic E-state index is 0.523. The summed E-state index contributed by atoms with van der Waals surface area (Å²) in [5.41, 5.74) is 11.1. The average Bonchev–Trinajstić information content (AvgIpc) is 3.32. The predicted molar refractivity (Wildman–Crippen MR) is 155 cm³/mol. The van der Waals surface area contributed by atoms with Gasteiger partial charge in [0, 0.05) is 78.1 Å². The van der Waals surface area contributed by atoms with E-state index in [0.29, 0.717) is 0 Å². The van der Waals surface area contributed by atoms with Crippen molar-refractivity contribution in [1.29, 1.82) is 0 Å². The average molecular weight is 488 g/mol. The smallest absolute Gasteiger partial charge is 0.150 e. The van der Waals surface area contributed by atoms with E-state index in [1.165, 1.54) is 49.9 Å². The van der Waals surface area contributed by atoms with E-state index in [1.54, 1.807) is 0 Å². The van der Waals surface area contributed by atoms with Crippen LogP contribution < -0.4 is 4.90 Å². The molecule has 186 valence electrons. The summed E-state index contributed by atoms with van der Waals surface area (Å²) in [5, 5.41) is 2.48. The molecule has 0 N–H and O–H groups in total. The third kappa shape index (κ3) is 3.11. The predicted octanol–water partition coefficient (Wildman–Crippen LogP) is 6.48. The van der Waals surface area contributed by atoms with Crippen LogP contribution in [0.15, 0.2) is 72.8 Å². The summed E-state index contributed by atoms with van der Waals surface area (Å²) in [7, 11) is 8.47. The Morgan fingerprint density at radius 3 is 1.84 bits per heavy atom. The number of fused-ring (bicyclic) bond motifs is 3. The Bertz CT molecular complexity index is 1660. The lowest BCUT2D eigenvalue weighted by atomic mass is 9.64. The van der Waals surface area contributed by atoms with Crippen molar-refractivity contribution in [2.45, 2.75) is 25.7 Å². The molecule has 0 unspecified atom stereocenters. The first-order chi connectivity index (χ1) is 17.8. The maximum Gasteiger partial charge on any atom is 0.150 e. The second kappa shape index (κ2) is 8.24. The number of aryl methyl sites for hydroxylation is 2. The molecule has 0 fully saturated rings. The van der Waals surface area contributed by atoms with Crippen LogP contribution in [0.5, 0.6) is 0 Å². The molecule has 3 aromatic carbocycles. The number of aldehydes is 1. The Hall–Kier alpha value is -4.05. The van der Waals surface area contributed by atoms with E-state index in [1.807, 2.05) is 0 Å². The Kier molecular flexibility index (Phi) is 5.20. The van der Waals surface area contributed by atoms with Crippen molar-refractivity contribution < 1.29 is 4.79 Å². The van der Waals surface area contributed by atoms with E-state index in [9.17, 15) is 4.79 Å². The number of hydrogen-bond acceptors (Lipinski definition) is 2. The number of benzene rings is 3. The van der Waals surface area contributed by atoms with Crippen LogP contribution in [0.1, 0.15) is 33.6 Å². The highest BCUT2D eigenvalue weighted by Crippen LogP contribution is 2.52. The Morgan fingerprint density at radius 1 is 0.784 bits per heavy atom. The molecule has 4 heteroatoms. The zero-order valence-corrected chi connectivity index (χ0v) is 22.5. The maximum atomic E-state index is 12.8. The van der Waals surface area contributed by atoms with Gasteiger partial charge in [-0.1, -0.05) is 54.6 Å². The molecule has 1 aliphatic rings. The van der Waals surface area contributed by atoms with Crippen molar-refractivity contribution in [3.05, 3.63) is 106 Å². The third-order valence-electron chi connectivity index (χ3n) is 8.62. The molecule has 2 aromatic heterocycles. The fraction of sp³-hybridized carbons (Fsp3) is 0.242. The van der Waals surface area contributed by atoms with Crippen molar-refractivity contribution in [3.8, 4) is 0 Å². The molecule has 37 heavy (non-hydrogen) atoms. The summed E-state index contributed by atoms with van der Waals surface area (Å²) in [4.78, 5) is 14.9. The molecule has 4 nitrogen and oxygen atoms in total. The summed E-state index contributed by atoms with van der Waals surface area (Å²) in [6, 6.07) is 23.7. The largest absolute Gasteiger partial charge is 0.377 e. The lowest BCUT2D eigenvalue weighted by Gasteiger charge is -2.39. The normalized spacial score (nSPS) is 14.6. The van der Waals surface area contributed by atoms with Gasteiger partial charge >= 0.3 is 0 Å². The van der Waals surface area contributed by atoms with E-state index in [2.05, 4.69) is 129 Å². The van der Waals surface area contributed by atoms with E-state index in [4.69, 9.17) is 0 Å². The Balaban J connectivity index is 1.84. The van der Waals surface area contributed by atoms with E-state index in [0.717, 1.165) is 29.5 Å². The number of para-hydroxylation sites is 2. The number of nitrogens with zero attached hydrogens (tertiary/aromatic N) is 3. The van der Waals surface area contributed by atoms with Gasteiger partial charge in [0.1, 0.15) is 6.29 Å². The standard InChI is InChI=1S/C33H33N3O/c1-21-31(25-12-7-9-15-29(25)35(21)5)33(32-22(2)36(6)30-16-10-8-13-26(30)32)18-23(20-37)24-14-11-17-28(34(3)4)27(24)19-33/h7-18,20H,19H2,1-6H3. The number of hydrogen-bond donors (Lipinski definition) is 0. The molecule has 0 spiro atoms. The SMILES string of the molecule is Cc1c(C2(c3c(C)n(C)c4ccccc34)C=C(C=O)c3cccc(N(C)C)c3C2)c2ccccc2n1C. The number of carbonyl (C=O) groups is 1. The van der Waals surface area contributed by atoms with Crippen molar-refractivity contribution in [2.75, 3.05) is 19.0 Å². The van der Waals surface area contributed by atoms with Crippen LogP contribution in [0.3, 0.4) is 0 Å². The summed E-state index contributed by atoms with van der Waals surface area (Å²) < 4.78 is 4.60. The van der Waals surface area contributed by atoms with E-state index >= 15 is 0 Å². The Labute approximate surface area is 218 Å². The number of anilines is 1. The minimum atomic E-state index is -0.523. The van der Waals surface area contributed by atoms with Gasteiger partial charge in [0.15, 0.2) is 0 Å². The highest BCUT2D eigenvalue weighted by Gasteiger charge is 2.44. The molecular formula is C33H33N3O. The van der Waals surface area contributed by atoms with Crippen LogP contribution in [0.2, 0.25) is 0 Å². The molecule has 0 saturated carbocycles. The van der Waals surface area contributed by atoms with Crippen LogP contribution in [0.4, 0.5) is 5.69 Å². The Morgan fingerprint density at radius 2 is 1.32 bits per heavy atom. The van der Waals surface area contributed by atoms with Crippen molar-refractivity contribution in [3.63, 3.8) is 0 Å². The molecule has 1 aliphatic carbocycles. The molecule has 0 radical (unpaired) electrons. The first kappa shape index (κ1) is 23.4. The molecular weight excluding hydrogens is 454 g/mol. The van der Waals surface area contributed by atoms with Gasteiger partial charge in [0.2, 0.25) is 0 Å². The third-order valence-corrected chi connectivity index (χ3v) is 8.62. The summed E-state index contributed by atoms with van der Waals surface area (Å²) in [6.07, 6.45) is 4.09. The maximum absolute atomic E-state index is 12.8. The van der Waals surface area contributed by atoms with E-state index in [-0.39, 0.29) is 0 Å². The molecule has 6 rings (SSSR count). The van der Waals surface area contributed by atoms with Crippen LogP contribution in [0.25, 0.3) is 27.4 Å². The summed E-state index contributed by atoms with van der Waals surface area (Å²) in [5.74, 6) is 0. The van der Waals surface area contributed by atoms with Gasteiger partial charge in [0.05, 0.1) is 0 Å². The molecule has 2 heterocycles.